The van der Waals surface area contributed by atoms with Gasteiger partial charge in [-0.3, -0.25) is 9.59 Å². The zero-order valence-corrected chi connectivity index (χ0v) is 11.2. The van der Waals surface area contributed by atoms with Crippen molar-refractivity contribution in [1.82, 2.24) is 4.90 Å². The van der Waals surface area contributed by atoms with Crippen LogP contribution >= 0.6 is 0 Å². The first-order chi connectivity index (χ1) is 8.50. The van der Waals surface area contributed by atoms with E-state index in [4.69, 9.17) is 0 Å². The van der Waals surface area contributed by atoms with Gasteiger partial charge in [0.25, 0.3) is 0 Å². The molecule has 3 heteroatoms. The molecule has 1 aromatic carbocycles. The van der Waals surface area contributed by atoms with Crippen molar-refractivity contribution in [3.05, 3.63) is 34.9 Å². The molecule has 0 saturated carbocycles. The number of nitrogens with zero attached hydrogens (tertiary/aromatic N) is 1. The van der Waals surface area contributed by atoms with Gasteiger partial charge in [0, 0.05) is 19.0 Å². The lowest BCUT2D eigenvalue weighted by Crippen LogP contribution is -2.39. The predicted octanol–water partition coefficient (Wildman–Crippen LogP) is 2.50. The maximum absolute atomic E-state index is 12.4. The molecule has 1 aliphatic rings. The summed E-state index contributed by atoms with van der Waals surface area (Å²) >= 11 is 0. The van der Waals surface area contributed by atoms with Gasteiger partial charge in [-0.15, -0.1) is 0 Å². The van der Waals surface area contributed by atoms with Crippen molar-refractivity contribution in [2.75, 3.05) is 6.54 Å². The zero-order chi connectivity index (χ0) is 13.3. The highest BCUT2D eigenvalue weighted by Gasteiger charge is 2.32. The molecular formula is C15H19NO2. The Kier molecular flexibility index (Phi) is 3.50. The summed E-state index contributed by atoms with van der Waals surface area (Å²) in [7, 11) is 0. The van der Waals surface area contributed by atoms with Crippen molar-refractivity contribution >= 4 is 11.7 Å². The van der Waals surface area contributed by atoms with Crippen LogP contribution in [0.3, 0.4) is 0 Å². The molecule has 0 aromatic heterocycles. The highest BCUT2D eigenvalue weighted by atomic mass is 16.2. The van der Waals surface area contributed by atoms with Gasteiger partial charge in [0.05, 0.1) is 6.04 Å². The van der Waals surface area contributed by atoms with Crippen LogP contribution in [-0.4, -0.2) is 29.2 Å². The summed E-state index contributed by atoms with van der Waals surface area (Å²) in [5.41, 5.74) is 3.02. The summed E-state index contributed by atoms with van der Waals surface area (Å²) < 4.78 is 0. The van der Waals surface area contributed by atoms with Gasteiger partial charge < -0.3 is 4.90 Å². The molecule has 2 rings (SSSR count). The van der Waals surface area contributed by atoms with E-state index in [1.165, 1.54) is 12.5 Å². The Bertz CT molecular complexity index is 493. The lowest BCUT2D eigenvalue weighted by atomic mass is 9.98. The minimum atomic E-state index is -0.260. The molecule has 1 unspecified atom stereocenters. The van der Waals surface area contributed by atoms with Gasteiger partial charge in [0.1, 0.15) is 0 Å². The van der Waals surface area contributed by atoms with Crippen molar-refractivity contribution in [2.24, 2.45) is 0 Å². The Labute approximate surface area is 108 Å². The Balaban J connectivity index is 2.25. The first-order valence-corrected chi connectivity index (χ1v) is 6.39. The standard InChI is InChI=1S/C15H19NO2/c1-10-6-7-13(9-11(10)2)15(18)14-5-4-8-16(14)12(3)17/h6-7,9,14H,4-5,8H2,1-3H3. The van der Waals surface area contributed by atoms with E-state index >= 15 is 0 Å². The molecule has 3 nitrogen and oxygen atoms in total. The van der Waals surface area contributed by atoms with Gasteiger partial charge in [-0.2, -0.15) is 0 Å². The Morgan fingerprint density at radius 2 is 1.94 bits per heavy atom. The van der Waals surface area contributed by atoms with Crippen LogP contribution in [0.4, 0.5) is 0 Å². The minimum Gasteiger partial charge on any atom is -0.333 e. The van der Waals surface area contributed by atoms with Gasteiger partial charge in [0.2, 0.25) is 5.91 Å². The first-order valence-electron chi connectivity index (χ1n) is 6.39. The molecule has 0 aliphatic carbocycles. The van der Waals surface area contributed by atoms with Crippen LogP contribution < -0.4 is 0 Å². The Hall–Kier alpha value is -1.64. The second-order valence-electron chi connectivity index (χ2n) is 5.03. The van der Waals surface area contributed by atoms with Crippen molar-refractivity contribution in [3.8, 4) is 0 Å². The van der Waals surface area contributed by atoms with Crippen molar-refractivity contribution in [2.45, 2.75) is 39.7 Å². The normalized spacial score (nSPS) is 19.1. The first kappa shape index (κ1) is 12.8. The number of ketones is 1. The van der Waals surface area contributed by atoms with Crippen LogP contribution in [0.25, 0.3) is 0 Å². The Morgan fingerprint density at radius 1 is 1.22 bits per heavy atom. The fourth-order valence-electron chi connectivity index (χ4n) is 2.50. The number of benzene rings is 1. The van der Waals surface area contributed by atoms with E-state index in [-0.39, 0.29) is 17.7 Å². The van der Waals surface area contributed by atoms with Crippen LogP contribution in [0.1, 0.15) is 41.3 Å². The Morgan fingerprint density at radius 3 is 2.56 bits per heavy atom. The number of hydrogen-bond acceptors (Lipinski definition) is 2. The molecule has 1 amide bonds. The van der Waals surface area contributed by atoms with Gasteiger partial charge >= 0.3 is 0 Å². The highest BCUT2D eigenvalue weighted by molar-refractivity contribution is 6.02. The summed E-state index contributed by atoms with van der Waals surface area (Å²) in [6, 6.07) is 5.50. The number of carbonyl (C=O) groups is 2. The minimum absolute atomic E-state index is 0.00492. The van der Waals surface area contributed by atoms with Crippen LogP contribution in [0.5, 0.6) is 0 Å². The third-order valence-electron chi connectivity index (χ3n) is 3.75. The van der Waals surface area contributed by atoms with E-state index in [2.05, 4.69) is 0 Å². The second kappa shape index (κ2) is 4.92. The SMILES string of the molecule is CC(=O)N1CCCC1C(=O)c1ccc(C)c(C)c1. The molecule has 18 heavy (non-hydrogen) atoms. The van der Waals surface area contributed by atoms with E-state index in [0.29, 0.717) is 6.54 Å². The van der Waals surface area contributed by atoms with Gasteiger partial charge in [-0.05, 0) is 43.9 Å². The maximum atomic E-state index is 12.4. The summed E-state index contributed by atoms with van der Waals surface area (Å²) in [6.45, 7) is 6.27. The van der Waals surface area contributed by atoms with E-state index in [1.807, 2.05) is 32.0 Å². The van der Waals surface area contributed by atoms with Crippen molar-refractivity contribution in [3.63, 3.8) is 0 Å². The average molecular weight is 245 g/mol. The molecule has 1 heterocycles. The molecule has 1 aromatic rings. The quantitative estimate of drug-likeness (QED) is 0.751. The summed E-state index contributed by atoms with van der Waals surface area (Å²) in [5, 5.41) is 0. The number of likely N-dealkylation sites (tertiary alicyclic amines) is 1. The monoisotopic (exact) mass is 245 g/mol. The molecule has 1 aliphatic heterocycles. The summed E-state index contributed by atoms with van der Waals surface area (Å²) in [4.78, 5) is 25.6. The number of carbonyl (C=O) groups excluding carboxylic acids is 2. The van der Waals surface area contributed by atoms with Crippen LogP contribution in [0.15, 0.2) is 18.2 Å². The smallest absolute Gasteiger partial charge is 0.220 e. The van der Waals surface area contributed by atoms with Gasteiger partial charge in [-0.25, -0.2) is 0 Å². The van der Waals surface area contributed by atoms with E-state index < -0.39 is 0 Å². The van der Waals surface area contributed by atoms with Crippen LogP contribution in [0, 0.1) is 13.8 Å². The number of Topliss-reactive ketones (excluding diaryl/α,β-unsaturated/α-hetero) is 1. The summed E-state index contributed by atoms with van der Waals surface area (Å²) in [6.07, 6.45) is 1.70. The fraction of sp³-hybridized carbons (Fsp3) is 0.467. The molecule has 96 valence electrons. The highest BCUT2D eigenvalue weighted by Crippen LogP contribution is 2.22. The fourth-order valence-corrected chi connectivity index (χ4v) is 2.50. The second-order valence-corrected chi connectivity index (χ2v) is 5.03. The van der Waals surface area contributed by atoms with Crippen molar-refractivity contribution < 1.29 is 9.59 Å². The van der Waals surface area contributed by atoms with Crippen LogP contribution in [0.2, 0.25) is 0 Å². The topological polar surface area (TPSA) is 37.4 Å². The lowest BCUT2D eigenvalue weighted by molar-refractivity contribution is -0.128. The third-order valence-corrected chi connectivity index (χ3v) is 3.75. The van der Waals surface area contributed by atoms with Crippen molar-refractivity contribution in [1.29, 1.82) is 0 Å². The number of amides is 1. The zero-order valence-electron chi connectivity index (χ0n) is 11.2. The number of hydrogen-bond donors (Lipinski definition) is 0. The average Bonchev–Trinajstić information content (AvgIpc) is 2.81. The summed E-state index contributed by atoms with van der Waals surface area (Å²) in [5.74, 6) is 0.0699. The lowest BCUT2D eigenvalue weighted by Gasteiger charge is -2.22. The van der Waals surface area contributed by atoms with E-state index in [9.17, 15) is 9.59 Å². The molecule has 1 saturated heterocycles. The van der Waals surface area contributed by atoms with E-state index in [0.717, 1.165) is 24.0 Å². The number of rotatable bonds is 2. The van der Waals surface area contributed by atoms with Gasteiger partial charge in [-0.1, -0.05) is 12.1 Å². The predicted molar refractivity (Wildman–Crippen MR) is 70.7 cm³/mol. The number of aryl methyl sites for hydroxylation is 2. The third kappa shape index (κ3) is 2.30. The maximum Gasteiger partial charge on any atom is 0.220 e. The molecule has 0 N–H and O–H groups in total. The molecular weight excluding hydrogens is 226 g/mol. The van der Waals surface area contributed by atoms with E-state index in [1.54, 1.807) is 4.90 Å². The molecule has 0 spiro atoms. The molecule has 1 fully saturated rings. The molecule has 0 bridgehead atoms. The largest absolute Gasteiger partial charge is 0.333 e. The van der Waals surface area contributed by atoms with Gasteiger partial charge in [0.15, 0.2) is 5.78 Å². The van der Waals surface area contributed by atoms with Crippen LogP contribution in [-0.2, 0) is 4.79 Å². The molecule has 0 radical (unpaired) electrons. The molecule has 1 atom stereocenters.